The van der Waals surface area contributed by atoms with Gasteiger partial charge in [0.1, 0.15) is 11.5 Å². The van der Waals surface area contributed by atoms with E-state index < -0.39 is 0 Å². The molecule has 2 aromatic rings. The molecule has 0 N–H and O–H groups in total. The van der Waals surface area contributed by atoms with E-state index in [-0.39, 0.29) is 23.8 Å². The molecule has 2 atom stereocenters. The fourth-order valence-corrected chi connectivity index (χ4v) is 5.12. The van der Waals surface area contributed by atoms with E-state index in [9.17, 15) is 9.59 Å². The highest BCUT2D eigenvalue weighted by atomic mass is 16.5. The molecule has 2 amide bonds. The van der Waals surface area contributed by atoms with Gasteiger partial charge in [-0.15, -0.1) is 0 Å². The summed E-state index contributed by atoms with van der Waals surface area (Å²) in [5.41, 5.74) is 1.71. The fraction of sp³-hybridized carbons (Fsp3) is 0.481. The van der Waals surface area contributed by atoms with E-state index >= 15 is 0 Å². The second kappa shape index (κ2) is 10.9. The van der Waals surface area contributed by atoms with Crippen molar-refractivity contribution in [3.63, 3.8) is 0 Å². The van der Waals surface area contributed by atoms with Crippen LogP contribution < -0.4 is 14.4 Å². The molecule has 4 rings (SSSR count). The van der Waals surface area contributed by atoms with Gasteiger partial charge in [0, 0.05) is 38.3 Å². The van der Waals surface area contributed by atoms with E-state index in [1.54, 1.807) is 19.1 Å². The van der Waals surface area contributed by atoms with Crippen LogP contribution in [0.4, 0.5) is 5.69 Å². The Bertz CT molecular complexity index is 968. The number of amides is 2. The number of carbonyl (C=O) groups excluding carboxylic acids is 2. The summed E-state index contributed by atoms with van der Waals surface area (Å²) in [4.78, 5) is 33.3. The number of piperidine rings is 1. The van der Waals surface area contributed by atoms with Crippen LogP contribution in [0.1, 0.15) is 37.8 Å². The zero-order valence-corrected chi connectivity index (χ0v) is 20.4. The zero-order chi connectivity index (χ0) is 24.1. The van der Waals surface area contributed by atoms with Gasteiger partial charge < -0.3 is 19.3 Å². The van der Waals surface area contributed by atoms with E-state index in [1.807, 2.05) is 53.4 Å². The number of hydrogen-bond acceptors (Lipinski definition) is 5. The molecule has 7 heteroatoms. The lowest BCUT2D eigenvalue weighted by Gasteiger charge is -2.44. The number of carbonyl (C=O) groups is 2. The monoisotopic (exact) mass is 465 g/mol. The average molecular weight is 466 g/mol. The lowest BCUT2D eigenvalue weighted by molar-refractivity contribution is -0.140. The number of rotatable bonds is 7. The molecule has 2 fully saturated rings. The summed E-state index contributed by atoms with van der Waals surface area (Å²) < 4.78 is 10.6. The quantitative estimate of drug-likeness (QED) is 0.623. The first kappa shape index (κ1) is 24.1. The fourth-order valence-electron chi connectivity index (χ4n) is 5.12. The van der Waals surface area contributed by atoms with Crippen LogP contribution in [0.5, 0.6) is 11.5 Å². The van der Waals surface area contributed by atoms with Crippen LogP contribution in [0.15, 0.2) is 48.5 Å². The van der Waals surface area contributed by atoms with Crippen LogP contribution in [0.2, 0.25) is 0 Å². The SMILES string of the molecule is CCCN1CCN(C(=O)[C@@H]2CCC(=O)N(c3ccc(OC)cc3)[C@H]2c2ccc(OC)cc2)CC1. The van der Waals surface area contributed by atoms with Crippen LogP contribution in [-0.2, 0) is 9.59 Å². The number of benzene rings is 2. The van der Waals surface area contributed by atoms with Crippen LogP contribution in [0.3, 0.4) is 0 Å². The van der Waals surface area contributed by atoms with Gasteiger partial charge in [0.25, 0.3) is 0 Å². The Hall–Kier alpha value is -3.06. The molecule has 0 radical (unpaired) electrons. The van der Waals surface area contributed by atoms with E-state index in [0.29, 0.717) is 12.8 Å². The smallest absolute Gasteiger partial charge is 0.228 e. The van der Waals surface area contributed by atoms with Crippen LogP contribution >= 0.6 is 0 Å². The molecular weight excluding hydrogens is 430 g/mol. The molecule has 2 aromatic carbocycles. The molecule has 2 aliphatic rings. The molecular formula is C27H35N3O4. The van der Waals surface area contributed by atoms with Crippen LogP contribution in [0, 0.1) is 5.92 Å². The van der Waals surface area contributed by atoms with Gasteiger partial charge in [0.05, 0.1) is 26.2 Å². The Morgan fingerprint density at radius 1 is 0.912 bits per heavy atom. The number of hydrogen-bond donors (Lipinski definition) is 0. The van der Waals surface area contributed by atoms with Gasteiger partial charge in [-0.2, -0.15) is 0 Å². The Morgan fingerprint density at radius 2 is 1.50 bits per heavy atom. The molecule has 34 heavy (non-hydrogen) atoms. The molecule has 0 unspecified atom stereocenters. The number of piperazine rings is 1. The number of ether oxygens (including phenoxy) is 2. The van der Waals surface area contributed by atoms with Crippen molar-refractivity contribution in [2.24, 2.45) is 5.92 Å². The summed E-state index contributed by atoms with van der Waals surface area (Å²) >= 11 is 0. The van der Waals surface area contributed by atoms with Crippen molar-refractivity contribution < 1.29 is 19.1 Å². The third-order valence-corrected chi connectivity index (χ3v) is 6.95. The molecule has 182 valence electrons. The third-order valence-electron chi connectivity index (χ3n) is 6.95. The largest absolute Gasteiger partial charge is 0.497 e. The maximum absolute atomic E-state index is 13.8. The minimum absolute atomic E-state index is 0.0304. The molecule has 0 spiro atoms. The van der Waals surface area contributed by atoms with Crippen LogP contribution in [0.25, 0.3) is 0 Å². The summed E-state index contributed by atoms with van der Waals surface area (Å²) in [7, 11) is 3.25. The molecule has 2 heterocycles. The maximum Gasteiger partial charge on any atom is 0.228 e. The standard InChI is InChI=1S/C27H35N3O4/c1-4-15-28-16-18-29(19-17-28)27(32)24-13-14-25(31)30(21-7-11-23(34-3)12-8-21)26(24)20-5-9-22(33-2)10-6-20/h5-12,24,26H,4,13-19H2,1-3H3/t24-,26+/m1/s1. The number of methoxy groups -OCH3 is 2. The Balaban J connectivity index is 1.66. The number of anilines is 1. The molecule has 7 nitrogen and oxygen atoms in total. The normalized spacial score (nSPS) is 21.4. The van der Waals surface area contributed by atoms with E-state index in [4.69, 9.17) is 9.47 Å². The predicted octanol–water partition coefficient (Wildman–Crippen LogP) is 3.74. The van der Waals surface area contributed by atoms with Gasteiger partial charge in [-0.25, -0.2) is 0 Å². The summed E-state index contributed by atoms with van der Waals surface area (Å²) in [6.45, 7) is 6.53. The van der Waals surface area contributed by atoms with Crippen molar-refractivity contribution in [2.45, 2.75) is 32.2 Å². The predicted molar refractivity (Wildman–Crippen MR) is 132 cm³/mol. The maximum atomic E-state index is 13.8. The topological polar surface area (TPSA) is 62.3 Å². The van der Waals surface area contributed by atoms with Crippen molar-refractivity contribution in [1.29, 1.82) is 0 Å². The highest BCUT2D eigenvalue weighted by molar-refractivity contribution is 5.97. The summed E-state index contributed by atoms with van der Waals surface area (Å²) in [6, 6.07) is 14.8. The van der Waals surface area contributed by atoms with Gasteiger partial charge in [-0.3, -0.25) is 14.5 Å². The van der Waals surface area contributed by atoms with Crippen molar-refractivity contribution in [3.8, 4) is 11.5 Å². The van der Waals surface area contributed by atoms with Crippen molar-refractivity contribution in [2.75, 3.05) is 51.8 Å². The van der Waals surface area contributed by atoms with E-state index in [2.05, 4.69) is 11.8 Å². The van der Waals surface area contributed by atoms with E-state index in [0.717, 1.165) is 61.9 Å². The summed E-state index contributed by atoms with van der Waals surface area (Å²) in [5, 5.41) is 0. The zero-order valence-electron chi connectivity index (χ0n) is 20.4. The molecule has 2 saturated heterocycles. The lowest BCUT2D eigenvalue weighted by Crippen LogP contribution is -2.54. The first-order valence-corrected chi connectivity index (χ1v) is 12.2. The number of nitrogens with zero attached hydrogens (tertiary/aromatic N) is 3. The summed E-state index contributed by atoms with van der Waals surface area (Å²) in [6.07, 6.45) is 2.02. The minimum atomic E-state index is -0.373. The van der Waals surface area contributed by atoms with Crippen molar-refractivity contribution in [1.82, 2.24) is 9.80 Å². The third kappa shape index (κ3) is 5.04. The minimum Gasteiger partial charge on any atom is -0.497 e. The van der Waals surface area contributed by atoms with Crippen LogP contribution in [-0.4, -0.2) is 68.6 Å². The molecule has 0 saturated carbocycles. The molecule has 0 aromatic heterocycles. The molecule has 2 aliphatic heterocycles. The highest BCUT2D eigenvalue weighted by Crippen LogP contribution is 2.41. The molecule has 0 aliphatic carbocycles. The van der Waals surface area contributed by atoms with Crippen molar-refractivity contribution in [3.05, 3.63) is 54.1 Å². The van der Waals surface area contributed by atoms with E-state index in [1.165, 1.54) is 0 Å². The molecule has 0 bridgehead atoms. The first-order chi connectivity index (χ1) is 16.5. The average Bonchev–Trinajstić information content (AvgIpc) is 2.89. The van der Waals surface area contributed by atoms with Gasteiger partial charge >= 0.3 is 0 Å². The Morgan fingerprint density at radius 3 is 2.06 bits per heavy atom. The second-order valence-electron chi connectivity index (χ2n) is 8.99. The second-order valence-corrected chi connectivity index (χ2v) is 8.99. The highest BCUT2D eigenvalue weighted by Gasteiger charge is 2.43. The van der Waals surface area contributed by atoms with Gasteiger partial charge in [0.15, 0.2) is 0 Å². The van der Waals surface area contributed by atoms with Gasteiger partial charge in [0.2, 0.25) is 11.8 Å². The van der Waals surface area contributed by atoms with Gasteiger partial charge in [-0.05, 0) is 61.3 Å². The van der Waals surface area contributed by atoms with Crippen molar-refractivity contribution >= 4 is 17.5 Å². The lowest BCUT2D eigenvalue weighted by atomic mass is 9.82. The Kier molecular flexibility index (Phi) is 7.73. The first-order valence-electron chi connectivity index (χ1n) is 12.2. The summed E-state index contributed by atoms with van der Waals surface area (Å²) in [5.74, 6) is 1.35. The van der Waals surface area contributed by atoms with Gasteiger partial charge in [-0.1, -0.05) is 19.1 Å². The Labute approximate surface area is 202 Å².